The minimum Gasteiger partial charge on any atom is -0.480 e. The molecule has 0 fully saturated rings. The number of aromatic nitrogens is 5. The predicted molar refractivity (Wildman–Crippen MR) is 117 cm³/mol. The maximum Gasteiger partial charge on any atom is 0.237 e. The summed E-state index contributed by atoms with van der Waals surface area (Å²) in [5, 5.41) is 1.41. The van der Waals surface area contributed by atoms with Crippen LogP contribution >= 0.6 is 11.6 Å². The van der Waals surface area contributed by atoms with Crippen molar-refractivity contribution in [3.63, 3.8) is 0 Å². The van der Waals surface area contributed by atoms with Gasteiger partial charge in [-0.1, -0.05) is 31.2 Å². The zero-order valence-electron chi connectivity index (χ0n) is 17.0. The zero-order chi connectivity index (χ0) is 20.6. The van der Waals surface area contributed by atoms with E-state index in [4.69, 9.17) is 21.1 Å². The fourth-order valence-corrected chi connectivity index (χ4v) is 4.07. The third-order valence-corrected chi connectivity index (χ3v) is 6.66. The van der Waals surface area contributed by atoms with E-state index in [1.54, 1.807) is 19.4 Å². The minimum absolute atomic E-state index is 0.414. The van der Waals surface area contributed by atoms with Gasteiger partial charge in [-0.05, 0) is 18.2 Å². The van der Waals surface area contributed by atoms with Gasteiger partial charge in [0.05, 0.1) is 12.7 Å². The Morgan fingerprint density at radius 2 is 1.93 bits per heavy atom. The Hall–Kier alpha value is -2.42. The Balaban J connectivity index is 1.75. The predicted octanol–water partition coefficient (Wildman–Crippen LogP) is 4.72. The summed E-state index contributed by atoms with van der Waals surface area (Å²) in [4.78, 5) is 13.3. The first-order valence-corrected chi connectivity index (χ1v) is 13.6. The first-order valence-electron chi connectivity index (χ1n) is 9.47. The number of rotatable bonds is 7. The van der Waals surface area contributed by atoms with E-state index in [1.807, 2.05) is 33.6 Å². The van der Waals surface area contributed by atoms with E-state index in [1.165, 1.54) is 0 Å². The van der Waals surface area contributed by atoms with Crippen LogP contribution in [0.5, 0.6) is 5.88 Å². The standard InChI is InChI=1S/C20H24ClN5O2Si/c1-27-19-16(12-25-8-7-22-20(25)24-19)15-11-26(13-28-9-10-29(2,3)4)18-14(15)5-6-17(21)23-18/h5-8,11-12H,9-10,13H2,1-4H3. The van der Waals surface area contributed by atoms with Crippen molar-refractivity contribution in [2.45, 2.75) is 32.4 Å². The van der Waals surface area contributed by atoms with Crippen molar-refractivity contribution >= 4 is 36.5 Å². The highest BCUT2D eigenvalue weighted by Crippen LogP contribution is 2.35. The number of fused-ring (bicyclic) bond motifs is 2. The molecule has 0 atom stereocenters. The second-order valence-corrected chi connectivity index (χ2v) is 14.2. The van der Waals surface area contributed by atoms with Crippen LogP contribution < -0.4 is 4.74 Å². The SMILES string of the molecule is COc1nc2nccn2cc1-c1cn(COCC[Si](C)(C)C)c2nc(Cl)ccc12. The molecule has 4 aromatic heterocycles. The summed E-state index contributed by atoms with van der Waals surface area (Å²) >= 11 is 6.18. The number of imidazole rings is 1. The monoisotopic (exact) mass is 429 g/mol. The largest absolute Gasteiger partial charge is 0.480 e. The van der Waals surface area contributed by atoms with Crippen molar-refractivity contribution in [3.05, 3.63) is 42.1 Å². The van der Waals surface area contributed by atoms with E-state index in [9.17, 15) is 0 Å². The third-order valence-electron chi connectivity index (χ3n) is 4.75. The average Bonchev–Trinajstić information content (AvgIpc) is 3.27. The Bertz CT molecular complexity index is 1170. The van der Waals surface area contributed by atoms with Crippen molar-refractivity contribution in [3.8, 4) is 17.0 Å². The van der Waals surface area contributed by atoms with Crippen molar-refractivity contribution in [1.29, 1.82) is 0 Å². The van der Waals surface area contributed by atoms with Crippen molar-refractivity contribution in [1.82, 2.24) is 23.9 Å². The Kier molecular flexibility index (Phi) is 5.33. The first kappa shape index (κ1) is 19.9. The molecule has 0 aliphatic carbocycles. The number of hydrogen-bond acceptors (Lipinski definition) is 5. The number of halogens is 1. The van der Waals surface area contributed by atoms with Gasteiger partial charge in [-0.25, -0.2) is 9.97 Å². The molecule has 0 radical (unpaired) electrons. The lowest BCUT2D eigenvalue weighted by atomic mass is 10.1. The molecule has 152 valence electrons. The van der Waals surface area contributed by atoms with Crippen LogP contribution in [0.3, 0.4) is 0 Å². The van der Waals surface area contributed by atoms with Gasteiger partial charge >= 0.3 is 0 Å². The smallest absolute Gasteiger partial charge is 0.237 e. The van der Waals surface area contributed by atoms with Gasteiger partial charge in [0.1, 0.15) is 17.5 Å². The second kappa shape index (κ2) is 7.77. The summed E-state index contributed by atoms with van der Waals surface area (Å²) in [5.41, 5.74) is 2.58. The number of pyridine rings is 1. The lowest BCUT2D eigenvalue weighted by molar-refractivity contribution is 0.0899. The van der Waals surface area contributed by atoms with Gasteiger partial charge in [0.15, 0.2) is 0 Å². The maximum atomic E-state index is 6.18. The normalized spacial score (nSPS) is 12.2. The molecule has 0 aliphatic heterocycles. The van der Waals surface area contributed by atoms with Crippen LogP contribution in [0.1, 0.15) is 0 Å². The van der Waals surface area contributed by atoms with E-state index < -0.39 is 8.07 Å². The van der Waals surface area contributed by atoms with Crippen LogP contribution in [0.2, 0.25) is 30.8 Å². The summed E-state index contributed by atoms with van der Waals surface area (Å²) in [6.45, 7) is 8.17. The van der Waals surface area contributed by atoms with E-state index in [0.717, 1.165) is 34.8 Å². The molecule has 4 aromatic rings. The summed E-state index contributed by atoms with van der Waals surface area (Å²) in [7, 11) is 0.468. The van der Waals surface area contributed by atoms with Crippen LogP contribution in [0, 0.1) is 0 Å². The molecule has 4 heterocycles. The van der Waals surface area contributed by atoms with Crippen LogP contribution in [-0.4, -0.2) is 45.7 Å². The lowest BCUT2D eigenvalue weighted by Crippen LogP contribution is -2.22. The Labute approximate surface area is 175 Å². The van der Waals surface area contributed by atoms with Gasteiger partial charge in [0, 0.05) is 50.4 Å². The van der Waals surface area contributed by atoms with Gasteiger partial charge in [0.2, 0.25) is 11.7 Å². The van der Waals surface area contributed by atoms with Crippen molar-refractivity contribution in [2.75, 3.05) is 13.7 Å². The fourth-order valence-electron chi connectivity index (χ4n) is 3.17. The van der Waals surface area contributed by atoms with E-state index in [-0.39, 0.29) is 0 Å². The van der Waals surface area contributed by atoms with Gasteiger partial charge in [-0.2, -0.15) is 4.98 Å². The molecular formula is C20H24ClN5O2Si. The molecule has 4 rings (SSSR count). The molecule has 0 N–H and O–H groups in total. The van der Waals surface area contributed by atoms with Crippen LogP contribution in [0.25, 0.3) is 27.9 Å². The Morgan fingerprint density at radius 3 is 2.69 bits per heavy atom. The fraction of sp³-hybridized carbons (Fsp3) is 0.350. The van der Waals surface area contributed by atoms with E-state index in [0.29, 0.717) is 23.5 Å². The highest BCUT2D eigenvalue weighted by atomic mass is 35.5. The van der Waals surface area contributed by atoms with E-state index >= 15 is 0 Å². The zero-order valence-corrected chi connectivity index (χ0v) is 18.8. The molecule has 0 saturated heterocycles. The number of ether oxygens (including phenoxy) is 2. The molecule has 0 aromatic carbocycles. The molecule has 29 heavy (non-hydrogen) atoms. The van der Waals surface area contributed by atoms with Gasteiger partial charge in [-0.15, -0.1) is 0 Å². The quantitative estimate of drug-likeness (QED) is 0.241. The van der Waals surface area contributed by atoms with E-state index in [2.05, 4.69) is 34.6 Å². The summed E-state index contributed by atoms with van der Waals surface area (Å²) in [6.07, 6.45) is 7.56. The van der Waals surface area contributed by atoms with Crippen LogP contribution in [-0.2, 0) is 11.5 Å². The van der Waals surface area contributed by atoms with Gasteiger partial charge in [-0.3, -0.25) is 4.40 Å². The molecule has 0 amide bonds. The molecule has 7 nitrogen and oxygen atoms in total. The molecule has 0 bridgehead atoms. The average molecular weight is 430 g/mol. The van der Waals surface area contributed by atoms with Gasteiger partial charge in [0.25, 0.3) is 0 Å². The minimum atomic E-state index is -1.14. The topological polar surface area (TPSA) is 66.5 Å². The molecule has 0 aliphatic rings. The maximum absolute atomic E-state index is 6.18. The number of methoxy groups -OCH3 is 1. The van der Waals surface area contributed by atoms with Crippen molar-refractivity contribution in [2.24, 2.45) is 0 Å². The van der Waals surface area contributed by atoms with Crippen LogP contribution in [0.4, 0.5) is 0 Å². The summed E-state index contributed by atoms with van der Waals surface area (Å²) in [5.74, 6) is 1.10. The second-order valence-electron chi connectivity index (χ2n) is 8.16. The summed E-state index contributed by atoms with van der Waals surface area (Å²) < 4.78 is 15.4. The molecule has 0 saturated carbocycles. The molecule has 0 spiro atoms. The molecule has 0 unspecified atom stereocenters. The third kappa shape index (κ3) is 4.14. The van der Waals surface area contributed by atoms with Gasteiger partial charge < -0.3 is 14.0 Å². The molecular weight excluding hydrogens is 406 g/mol. The highest BCUT2D eigenvalue weighted by Gasteiger charge is 2.18. The first-order chi connectivity index (χ1) is 13.9. The highest BCUT2D eigenvalue weighted by molar-refractivity contribution is 6.76. The van der Waals surface area contributed by atoms with Crippen molar-refractivity contribution < 1.29 is 9.47 Å². The van der Waals surface area contributed by atoms with Crippen LogP contribution in [0.15, 0.2) is 36.9 Å². The lowest BCUT2D eigenvalue weighted by Gasteiger charge is -2.15. The number of nitrogens with zero attached hydrogens (tertiary/aromatic N) is 5. The Morgan fingerprint density at radius 1 is 1.10 bits per heavy atom. The molecule has 9 heteroatoms. The summed E-state index contributed by atoms with van der Waals surface area (Å²) in [6, 6.07) is 4.87. The number of hydrogen-bond donors (Lipinski definition) is 0.